The van der Waals surface area contributed by atoms with E-state index in [0.29, 0.717) is 11.4 Å². The number of aliphatic imine (C=N–C) groups is 1. The third-order valence-electron chi connectivity index (χ3n) is 4.26. The van der Waals surface area contributed by atoms with Crippen molar-refractivity contribution in [1.29, 1.82) is 0 Å². The first-order valence-corrected chi connectivity index (χ1v) is 11.0. The lowest BCUT2D eigenvalue weighted by Gasteiger charge is -2.11. The summed E-state index contributed by atoms with van der Waals surface area (Å²) in [7, 11) is -3.18. The average molecular weight is 531 g/mol. The summed E-state index contributed by atoms with van der Waals surface area (Å²) in [5.41, 5.74) is 2.10. The molecule has 1 aliphatic rings. The predicted octanol–water partition coefficient (Wildman–Crippen LogP) is 2.73. The van der Waals surface area contributed by atoms with Crippen molar-refractivity contribution < 1.29 is 17.9 Å². The zero-order valence-corrected chi connectivity index (χ0v) is 19.6. The highest BCUT2D eigenvalue weighted by molar-refractivity contribution is 14.0. The number of nitrogens with one attached hydrogen (secondary N) is 2. The SMILES string of the molecule is CCNC(=NCc1ccc(S(C)(=O)=O)cc1)NCCc1ccc2c(c1)OCO2.I. The molecule has 0 saturated heterocycles. The standard InChI is InChI=1S/C20H25N3O4S.HI/c1-3-21-20(23-13-16-4-7-17(8-5-16)28(2,24)25)22-11-10-15-6-9-18-19(12-15)27-14-26-18;/h4-9,12H,3,10-11,13-14H2,1-2H3,(H2,21,22,23);1H. The molecule has 2 aromatic carbocycles. The van der Waals surface area contributed by atoms with Crippen molar-refractivity contribution in [2.24, 2.45) is 4.99 Å². The van der Waals surface area contributed by atoms with Crippen LogP contribution in [0.2, 0.25) is 0 Å². The summed E-state index contributed by atoms with van der Waals surface area (Å²) in [4.78, 5) is 4.88. The monoisotopic (exact) mass is 531 g/mol. The minimum Gasteiger partial charge on any atom is -0.454 e. The van der Waals surface area contributed by atoms with Crippen LogP contribution in [-0.4, -0.2) is 40.5 Å². The quantitative estimate of drug-likeness (QED) is 0.325. The summed E-state index contributed by atoms with van der Waals surface area (Å²) in [6.45, 7) is 4.22. The summed E-state index contributed by atoms with van der Waals surface area (Å²) >= 11 is 0. The highest BCUT2D eigenvalue weighted by Crippen LogP contribution is 2.32. The number of sulfone groups is 1. The molecule has 0 spiro atoms. The van der Waals surface area contributed by atoms with Crippen LogP contribution in [0.5, 0.6) is 11.5 Å². The largest absolute Gasteiger partial charge is 0.454 e. The molecule has 0 bridgehead atoms. The van der Waals surface area contributed by atoms with Crippen LogP contribution in [0.3, 0.4) is 0 Å². The third-order valence-corrected chi connectivity index (χ3v) is 5.39. The first kappa shape index (κ1) is 23.3. The molecule has 0 saturated carbocycles. The summed E-state index contributed by atoms with van der Waals surface area (Å²) in [6.07, 6.45) is 2.03. The molecule has 3 rings (SSSR count). The topological polar surface area (TPSA) is 89.0 Å². The van der Waals surface area contributed by atoms with Gasteiger partial charge in [-0.05, 0) is 48.7 Å². The Morgan fingerprint density at radius 2 is 1.72 bits per heavy atom. The number of benzene rings is 2. The molecule has 0 unspecified atom stereocenters. The van der Waals surface area contributed by atoms with Crippen LogP contribution in [-0.2, 0) is 22.8 Å². The molecule has 9 heteroatoms. The molecular formula is C20H26IN3O4S. The van der Waals surface area contributed by atoms with E-state index >= 15 is 0 Å². The van der Waals surface area contributed by atoms with Crippen molar-refractivity contribution in [2.45, 2.75) is 24.8 Å². The first-order valence-electron chi connectivity index (χ1n) is 9.15. The first-order chi connectivity index (χ1) is 13.5. The molecule has 7 nitrogen and oxygen atoms in total. The Labute approximate surface area is 188 Å². The lowest BCUT2D eigenvalue weighted by Crippen LogP contribution is -2.38. The van der Waals surface area contributed by atoms with Crippen molar-refractivity contribution in [3.05, 3.63) is 53.6 Å². The van der Waals surface area contributed by atoms with Gasteiger partial charge in [0.1, 0.15) is 0 Å². The van der Waals surface area contributed by atoms with E-state index in [2.05, 4.69) is 15.6 Å². The highest BCUT2D eigenvalue weighted by Gasteiger charge is 2.13. The molecule has 0 amide bonds. The summed E-state index contributed by atoms with van der Waals surface area (Å²) in [5.74, 6) is 2.29. The van der Waals surface area contributed by atoms with Gasteiger partial charge in [0.05, 0.1) is 11.4 Å². The predicted molar refractivity (Wildman–Crippen MR) is 124 cm³/mol. The Bertz CT molecular complexity index is 947. The lowest BCUT2D eigenvalue weighted by atomic mass is 10.1. The molecule has 0 aliphatic carbocycles. The molecule has 1 heterocycles. The number of ether oxygens (including phenoxy) is 2. The van der Waals surface area contributed by atoms with E-state index in [1.807, 2.05) is 25.1 Å². The molecule has 0 fully saturated rings. The normalized spacial score (nSPS) is 13.0. The highest BCUT2D eigenvalue weighted by atomic mass is 127. The number of halogens is 1. The van der Waals surface area contributed by atoms with Crippen molar-refractivity contribution >= 4 is 39.8 Å². The van der Waals surface area contributed by atoms with Crippen LogP contribution in [0.15, 0.2) is 52.4 Å². The van der Waals surface area contributed by atoms with Gasteiger partial charge in [-0.15, -0.1) is 24.0 Å². The van der Waals surface area contributed by atoms with Gasteiger partial charge < -0.3 is 20.1 Å². The zero-order valence-electron chi connectivity index (χ0n) is 16.5. The van der Waals surface area contributed by atoms with Crippen LogP contribution in [0, 0.1) is 0 Å². The van der Waals surface area contributed by atoms with Gasteiger partial charge in [-0.2, -0.15) is 0 Å². The molecule has 158 valence electrons. The van der Waals surface area contributed by atoms with Gasteiger partial charge in [-0.1, -0.05) is 18.2 Å². The van der Waals surface area contributed by atoms with Crippen LogP contribution in [0.1, 0.15) is 18.1 Å². The minimum absolute atomic E-state index is 0. The van der Waals surface area contributed by atoms with Gasteiger partial charge in [0.25, 0.3) is 0 Å². The summed E-state index contributed by atoms with van der Waals surface area (Å²) in [6, 6.07) is 12.8. The number of guanidine groups is 1. The van der Waals surface area contributed by atoms with Crippen LogP contribution >= 0.6 is 24.0 Å². The third kappa shape index (κ3) is 6.77. The summed E-state index contributed by atoms with van der Waals surface area (Å²) in [5, 5.41) is 6.53. The van der Waals surface area contributed by atoms with Crippen molar-refractivity contribution in [3.63, 3.8) is 0 Å². The molecular weight excluding hydrogens is 505 g/mol. The zero-order chi connectivity index (χ0) is 20.0. The number of fused-ring (bicyclic) bond motifs is 1. The van der Waals surface area contributed by atoms with Gasteiger partial charge in [-0.3, -0.25) is 0 Å². The molecule has 2 N–H and O–H groups in total. The fourth-order valence-corrected chi connectivity index (χ4v) is 3.41. The fraction of sp³-hybridized carbons (Fsp3) is 0.350. The van der Waals surface area contributed by atoms with E-state index in [0.717, 1.165) is 48.1 Å². The number of hydrogen-bond donors (Lipinski definition) is 2. The second-order valence-electron chi connectivity index (χ2n) is 6.48. The average Bonchev–Trinajstić information content (AvgIpc) is 3.13. The van der Waals surface area contributed by atoms with E-state index in [-0.39, 0.29) is 30.8 Å². The van der Waals surface area contributed by atoms with Crippen molar-refractivity contribution in [2.75, 3.05) is 26.1 Å². The molecule has 0 aromatic heterocycles. The van der Waals surface area contributed by atoms with Crippen LogP contribution in [0.4, 0.5) is 0 Å². The molecule has 1 aliphatic heterocycles. The Balaban J connectivity index is 0.00000300. The fourth-order valence-electron chi connectivity index (χ4n) is 2.78. The van der Waals surface area contributed by atoms with Crippen molar-refractivity contribution in [3.8, 4) is 11.5 Å². The van der Waals surface area contributed by atoms with Gasteiger partial charge in [0, 0.05) is 19.3 Å². The molecule has 29 heavy (non-hydrogen) atoms. The minimum atomic E-state index is -3.18. The molecule has 0 atom stereocenters. The number of hydrogen-bond acceptors (Lipinski definition) is 5. The maximum atomic E-state index is 11.5. The lowest BCUT2D eigenvalue weighted by molar-refractivity contribution is 0.174. The van der Waals surface area contributed by atoms with E-state index in [1.165, 1.54) is 6.26 Å². The van der Waals surface area contributed by atoms with Crippen molar-refractivity contribution in [1.82, 2.24) is 10.6 Å². The number of nitrogens with zero attached hydrogens (tertiary/aromatic N) is 1. The van der Waals surface area contributed by atoms with E-state index in [4.69, 9.17) is 9.47 Å². The Kier molecular flexibility index (Phi) is 8.57. The maximum Gasteiger partial charge on any atom is 0.231 e. The molecule has 2 aromatic rings. The smallest absolute Gasteiger partial charge is 0.231 e. The second kappa shape index (κ2) is 10.7. The van der Waals surface area contributed by atoms with Crippen LogP contribution in [0.25, 0.3) is 0 Å². The van der Waals surface area contributed by atoms with Gasteiger partial charge in [-0.25, -0.2) is 13.4 Å². The Hall–Kier alpha value is -2.01. The molecule has 0 radical (unpaired) electrons. The van der Waals surface area contributed by atoms with E-state index in [9.17, 15) is 8.42 Å². The summed E-state index contributed by atoms with van der Waals surface area (Å²) < 4.78 is 33.8. The van der Waals surface area contributed by atoms with Gasteiger partial charge in [0.2, 0.25) is 6.79 Å². The Morgan fingerprint density at radius 1 is 1.03 bits per heavy atom. The maximum absolute atomic E-state index is 11.5. The van der Waals surface area contributed by atoms with E-state index in [1.54, 1.807) is 24.3 Å². The second-order valence-corrected chi connectivity index (χ2v) is 8.49. The number of rotatable bonds is 7. The van der Waals surface area contributed by atoms with Gasteiger partial charge in [0.15, 0.2) is 27.3 Å². The Morgan fingerprint density at radius 3 is 2.41 bits per heavy atom. The van der Waals surface area contributed by atoms with Crippen LogP contribution < -0.4 is 20.1 Å². The van der Waals surface area contributed by atoms with E-state index < -0.39 is 9.84 Å². The van der Waals surface area contributed by atoms with Gasteiger partial charge >= 0.3 is 0 Å².